The molecule has 0 radical (unpaired) electrons. The number of para-hydroxylation sites is 2. The molecule has 8 heterocycles. The fraction of sp³-hybridized carbons (Fsp3) is 0.400. The molecule has 8 aromatic rings. The third-order valence-electron chi connectivity index (χ3n) is 15.5. The van der Waals surface area contributed by atoms with E-state index >= 15 is 0 Å². The summed E-state index contributed by atoms with van der Waals surface area (Å²) in [6.07, 6.45) is 2.92. The van der Waals surface area contributed by atoms with Gasteiger partial charge in [-0.25, -0.2) is 19.6 Å². The minimum atomic E-state index is -0.400. The van der Waals surface area contributed by atoms with Crippen molar-refractivity contribution >= 4 is 118 Å². The summed E-state index contributed by atoms with van der Waals surface area (Å²) in [5.74, 6) is -0.0301. The molecule has 4 aromatic carbocycles. The standard InChI is InChI=1S/C32H36N4O4S2.C29H32N4O3S2.C3H4O2.CH4.ClH/c1-3-21(2)36(32(38)40-18-22-9-5-4-6-10-22)16-14-28(37)34-31-29(30-33-25-11-7-8-12-26(25)41-30)24-13-15-35(17-27(24)42-31)23-19-39-20-23;1-3-19(2)33(29(35)36-18-20-9-5-4-6-10-20)16-14-25(34)32-28-26(21-13-15-30-17-24(21)38-28)27-31-22-11-7-8-12-23(22)37-27;4-3-1-5-2-3;;/h4-12,21,23H,3,13-20H2,1-2H3,(H,34,37);4-12,19,30H,3,13-18H2,1-2H3,(H,32,34);1-2H2;1H4;1H. The molecule has 462 valence electrons. The Hall–Kier alpha value is -6.66. The number of thiazole rings is 2. The third kappa shape index (κ3) is 16.9. The number of hydrogen-bond donors (Lipinski definition) is 3. The second-order valence-corrected chi connectivity index (χ2v) is 25.6. The molecule has 4 amide bonds. The van der Waals surface area contributed by atoms with Crippen molar-refractivity contribution in [2.45, 2.75) is 118 Å². The van der Waals surface area contributed by atoms with Gasteiger partial charge in [0.25, 0.3) is 0 Å². The van der Waals surface area contributed by atoms with E-state index in [2.05, 4.69) is 37.7 Å². The molecule has 2 atom stereocenters. The van der Waals surface area contributed by atoms with Crippen molar-refractivity contribution in [3.8, 4) is 21.1 Å². The largest absolute Gasteiger partial charge is 0.445 e. The van der Waals surface area contributed by atoms with Crippen LogP contribution < -0.4 is 16.0 Å². The zero-order chi connectivity index (χ0) is 59.2. The van der Waals surface area contributed by atoms with Gasteiger partial charge in [0.2, 0.25) is 11.8 Å². The van der Waals surface area contributed by atoms with Crippen LogP contribution in [0, 0.1) is 0 Å². The molecule has 4 aliphatic heterocycles. The number of benzene rings is 4. The number of thiophene rings is 2. The summed E-state index contributed by atoms with van der Waals surface area (Å²) >= 11 is 6.60. The topological polar surface area (TPSA) is 194 Å². The summed E-state index contributed by atoms with van der Waals surface area (Å²) in [7, 11) is 0. The Morgan fingerprint density at radius 1 is 0.655 bits per heavy atom. The molecule has 2 unspecified atom stereocenters. The first-order valence-corrected chi connectivity index (χ1v) is 32.4. The van der Waals surface area contributed by atoms with E-state index in [0.717, 1.165) is 128 Å². The van der Waals surface area contributed by atoms with Crippen molar-refractivity contribution in [3.63, 3.8) is 0 Å². The number of nitrogens with zero attached hydrogens (tertiary/aromatic N) is 5. The highest BCUT2D eigenvalue weighted by molar-refractivity contribution is 7.23. The van der Waals surface area contributed by atoms with E-state index in [4.69, 9.17) is 24.2 Å². The van der Waals surface area contributed by atoms with Crippen LogP contribution >= 0.6 is 57.8 Å². The van der Waals surface area contributed by atoms with Gasteiger partial charge in [-0.3, -0.25) is 19.3 Å². The second kappa shape index (κ2) is 32.0. The summed E-state index contributed by atoms with van der Waals surface area (Å²) in [4.78, 5) is 80.5. The van der Waals surface area contributed by atoms with Gasteiger partial charge in [0.1, 0.15) is 46.4 Å². The number of fused-ring (bicyclic) bond motifs is 4. The molecular weight excluding hydrogens is 1200 g/mol. The van der Waals surface area contributed by atoms with Crippen LogP contribution in [0.5, 0.6) is 0 Å². The number of halogens is 1. The summed E-state index contributed by atoms with van der Waals surface area (Å²) in [6.45, 7) is 14.8. The molecule has 12 rings (SSSR count). The zero-order valence-electron chi connectivity index (χ0n) is 48.8. The van der Waals surface area contributed by atoms with Gasteiger partial charge in [-0.2, -0.15) is 0 Å². The number of ether oxygens (including phenoxy) is 4. The molecule has 3 N–H and O–H groups in total. The summed E-state index contributed by atoms with van der Waals surface area (Å²) in [5, 5.41) is 13.4. The van der Waals surface area contributed by atoms with Crippen LogP contribution in [0.1, 0.15) is 92.8 Å². The first-order valence-electron chi connectivity index (χ1n) is 29.1. The molecule has 22 heteroatoms. The first kappa shape index (κ1) is 66.3. The third-order valence-corrected chi connectivity index (χ3v) is 19.9. The van der Waals surface area contributed by atoms with E-state index in [0.29, 0.717) is 19.3 Å². The predicted octanol–water partition coefficient (Wildman–Crippen LogP) is 13.6. The lowest BCUT2D eigenvalue weighted by atomic mass is 10.0. The van der Waals surface area contributed by atoms with Crippen molar-refractivity contribution < 1.29 is 42.9 Å². The molecule has 0 aliphatic carbocycles. The van der Waals surface area contributed by atoms with Gasteiger partial charge in [0, 0.05) is 78.5 Å². The monoisotopic (exact) mass is 1280 g/mol. The Balaban J connectivity index is 0.000000205. The van der Waals surface area contributed by atoms with Crippen LogP contribution in [0.25, 0.3) is 41.6 Å². The number of Topliss-reactive ketones (excluding diaryl/α,β-unsaturated/α-hetero) is 1. The molecule has 87 heavy (non-hydrogen) atoms. The van der Waals surface area contributed by atoms with E-state index in [1.54, 1.807) is 55.1 Å². The van der Waals surface area contributed by atoms with Crippen molar-refractivity contribution in [1.82, 2.24) is 30.0 Å². The minimum absolute atomic E-state index is 0. The fourth-order valence-electron chi connectivity index (χ4n) is 10.1. The number of hydrogen-bond acceptors (Lipinski definition) is 17. The quantitative estimate of drug-likeness (QED) is 0.0693. The van der Waals surface area contributed by atoms with Crippen LogP contribution in [0.2, 0.25) is 0 Å². The number of carbonyl (C=O) groups excluding carboxylic acids is 5. The van der Waals surface area contributed by atoms with Crippen LogP contribution in [0.3, 0.4) is 0 Å². The SMILES string of the molecule is C.CCC(C)N(CCC(=O)Nc1sc2c(c1-c1nc3ccccc3s1)CCN(C1COC1)C2)C(=O)OCc1ccccc1.CCC(C)N(CCC(=O)Nc1sc2c(c1-c1nc3ccccc3s1)CCNC2)C(=O)OCc1ccccc1.Cl.O=C1COC1. The number of rotatable bonds is 19. The Morgan fingerprint density at radius 3 is 1.55 bits per heavy atom. The predicted molar refractivity (Wildman–Crippen MR) is 352 cm³/mol. The molecule has 4 aromatic heterocycles. The Bertz CT molecular complexity index is 3520. The lowest BCUT2D eigenvalue weighted by Crippen LogP contribution is -2.50. The van der Waals surface area contributed by atoms with E-state index < -0.39 is 12.2 Å². The second-order valence-electron chi connectivity index (χ2n) is 21.3. The molecule has 2 saturated heterocycles. The fourth-order valence-corrected chi connectivity index (χ4v) is 14.9. The van der Waals surface area contributed by atoms with Gasteiger partial charge in [0.15, 0.2) is 5.78 Å². The van der Waals surface area contributed by atoms with Gasteiger partial charge >= 0.3 is 12.2 Å². The maximum atomic E-state index is 13.4. The van der Waals surface area contributed by atoms with Crippen LogP contribution in [-0.2, 0) is 72.5 Å². The van der Waals surface area contributed by atoms with Crippen LogP contribution in [0.15, 0.2) is 109 Å². The number of ketones is 1. The Kier molecular flexibility index (Phi) is 24.4. The maximum absolute atomic E-state index is 13.4. The number of aromatic nitrogens is 2. The average Bonchev–Trinajstić information content (AvgIpc) is 2.02. The molecule has 4 aliphatic rings. The molecular formula is C65H77ClN8O9S4. The maximum Gasteiger partial charge on any atom is 0.410 e. The summed E-state index contributed by atoms with van der Waals surface area (Å²) in [6, 6.07) is 35.9. The summed E-state index contributed by atoms with van der Waals surface area (Å²) in [5.41, 5.74) is 8.46. The number of amides is 4. The van der Waals surface area contributed by atoms with Crippen LogP contribution in [0.4, 0.5) is 19.6 Å². The van der Waals surface area contributed by atoms with Gasteiger partial charge < -0.3 is 44.7 Å². The smallest absolute Gasteiger partial charge is 0.410 e. The Morgan fingerprint density at radius 2 is 1.11 bits per heavy atom. The van der Waals surface area contributed by atoms with E-state index in [-0.39, 0.29) is 88.7 Å². The van der Waals surface area contributed by atoms with Crippen molar-refractivity contribution in [2.24, 2.45) is 0 Å². The van der Waals surface area contributed by atoms with Gasteiger partial charge in [-0.1, -0.05) is 106 Å². The van der Waals surface area contributed by atoms with Gasteiger partial charge in [-0.05, 0) is 92.6 Å². The van der Waals surface area contributed by atoms with Crippen molar-refractivity contribution in [2.75, 3.05) is 63.2 Å². The highest BCUT2D eigenvalue weighted by Crippen LogP contribution is 2.47. The number of anilines is 2. The molecule has 17 nitrogen and oxygen atoms in total. The van der Waals surface area contributed by atoms with E-state index in [9.17, 15) is 24.0 Å². The first-order chi connectivity index (χ1) is 41.4. The minimum Gasteiger partial charge on any atom is -0.445 e. The summed E-state index contributed by atoms with van der Waals surface area (Å²) < 4.78 is 23.4. The van der Waals surface area contributed by atoms with Crippen LogP contribution in [-0.4, -0.2) is 125 Å². The lowest BCUT2D eigenvalue weighted by Gasteiger charge is -2.39. The highest BCUT2D eigenvalue weighted by atomic mass is 35.5. The van der Waals surface area contributed by atoms with Gasteiger partial charge in [0.05, 0.1) is 39.7 Å². The molecule has 2 fully saturated rings. The average molecular weight is 1280 g/mol. The Labute approximate surface area is 531 Å². The van der Waals surface area contributed by atoms with Gasteiger partial charge in [-0.15, -0.1) is 57.8 Å². The zero-order valence-corrected chi connectivity index (χ0v) is 52.9. The molecule has 0 spiro atoms. The van der Waals surface area contributed by atoms with E-state index in [1.165, 1.54) is 20.9 Å². The lowest BCUT2D eigenvalue weighted by molar-refractivity contribution is -0.140. The van der Waals surface area contributed by atoms with Crippen molar-refractivity contribution in [1.29, 1.82) is 0 Å². The number of carbonyl (C=O) groups is 5. The normalized spacial score (nSPS) is 15.0. The molecule has 0 saturated carbocycles. The number of nitrogens with one attached hydrogen (secondary N) is 3. The highest BCUT2D eigenvalue weighted by Gasteiger charge is 2.34. The molecule has 0 bridgehead atoms. The van der Waals surface area contributed by atoms with Crippen molar-refractivity contribution in [3.05, 3.63) is 141 Å². The van der Waals surface area contributed by atoms with E-state index in [1.807, 2.05) is 125 Å².